The highest BCUT2D eigenvalue weighted by molar-refractivity contribution is 6.34. The van der Waals surface area contributed by atoms with Crippen molar-refractivity contribution in [1.29, 1.82) is 0 Å². The summed E-state index contributed by atoms with van der Waals surface area (Å²) in [6.45, 7) is 4.94. The molecule has 0 bridgehead atoms. The van der Waals surface area contributed by atoms with Gasteiger partial charge in [-0.05, 0) is 20.8 Å². The SMILES string of the molecule is CC(C)(C)OC(=O)NCC(O)C(O)c1[nH]nc2ncnc(Cl)c12. The first-order chi connectivity index (χ1) is 10.7. The Kier molecular flexibility index (Phi) is 5.03. The molecular formula is C13H18ClN5O4. The number of ether oxygens (including phenoxy) is 1. The van der Waals surface area contributed by atoms with Gasteiger partial charge in [0.2, 0.25) is 0 Å². The highest BCUT2D eigenvalue weighted by atomic mass is 35.5. The van der Waals surface area contributed by atoms with Crippen molar-refractivity contribution in [2.24, 2.45) is 0 Å². The lowest BCUT2D eigenvalue weighted by molar-refractivity contribution is 0.0115. The molecule has 23 heavy (non-hydrogen) atoms. The zero-order chi connectivity index (χ0) is 17.2. The van der Waals surface area contributed by atoms with Gasteiger partial charge in [0, 0.05) is 6.54 Å². The molecule has 0 saturated heterocycles. The smallest absolute Gasteiger partial charge is 0.407 e. The van der Waals surface area contributed by atoms with Crippen LogP contribution in [0.25, 0.3) is 11.0 Å². The van der Waals surface area contributed by atoms with Gasteiger partial charge in [-0.3, -0.25) is 5.10 Å². The first kappa shape index (κ1) is 17.4. The largest absolute Gasteiger partial charge is 0.444 e. The fraction of sp³-hybridized carbons (Fsp3) is 0.538. The number of aliphatic hydroxyl groups is 2. The van der Waals surface area contributed by atoms with E-state index in [9.17, 15) is 15.0 Å². The second-order valence-electron chi connectivity index (χ2n) is 5.90. The van der Waals surface area contributed by atoms with Crippen molar-refractivity contribution in [3.05, 3.63) is 17.2 Å². The maximum absolute atomic E-state index is 11.6. The van der Waals surface area contributed by atoms with E-state index in [0.29, 0.717) is 5.39 Å². The number of rotatable bonds is 4. The molecule has 0 aliphatic heterocycles. The lowest BCUT2D eigenvalue weighted by Crippen LogP contribution is -2.39. The van der Waals surface area contributed by atoms with Crippen LogP contribution < -0.4 is 5.32 Å². The molecule has 0 spiro atoms. The third-order valence-electron chi connectivity index (χ3n) is 2.85. The molecule has 2 aromatic heterocycles. The molecule has 0 aromatic carbocycles. The minimum atomic E-state index is -1.36. The number of hydrogen-bond acceptors (Lipinski definition) is 7. The Morgan fingerprint density at radius 1 is 1.43 bits per heavy atom. The van der Waals surface area contributed by atoms with Gasteiger partial charge in [-0.15, -0.1) is 0 Å². The molecule has 0 fully saturated rings. The van der Waals surface area contributed by atoms with Crippen molar-refractivity contribution >= 4 is 28.7 Å². The first-order valence-corrected chi connectivity index (χ1v) is 7.24. The number of hydrogen-bond donors (Lipinski definition) is 4. The predicted octanol–water partition coefficient (Wildman–Crippen LogP) is 0.925. The van der Waals surface area contributed by atoms with Crippen LogP contribution in [0.2, 0.25) is 5.15 Å². The third kappa shape index (κ3) is 4.27. The second kappa shape index (κ2) is 6.65. The summed E-state index contributed by atoms with van der Waals surface area (Å²) in [6, 6.07) is 0. The van der Waals surface area contributed by atoms with E-state index >= 15 is 0 Å². The number of amides is 1. The molecule has 9 nitrogen and oxygen atoms in total. The van der Waals surface area contributed by atoms with Gasteiger partial charge < -0.3 is 20.3 Å². The Morgan fingerprint density at radius 2 is 2.13 bits per heavy atom. The van der Waals surface area contributed by atoms with Crippen LogP contribution in [-0.2, 0) is 4.74 Å². The number of aromatic amines is 1. The van der Waals surface area contributed by atoms with Crippen LogP contribution in [0.1, 0.15) is 32.6 Å². The van der Waals surface area contributed by atoms with Gasteiger partial charge in [0.15, 0.2) is 5.65 Å². The Balaban J connectivity index is 2.04. The number of nitrogens with one attached hydrogen (secondary N) is 2. The van der Waals surface area contributed by atoms with E-state index in [0.717, 1.165) is 0 Å². The predicted molar refractivity (Wildman–Crippen MR) is 81.9 cm³/mol. The fourth-order valence-electron chi connectivity index (χ4n) is 1.86. The van der Waals surface area contributed by atoms with Crippen molar-refractivity contribution in [2.75, 3.05) is 6.54 Å². The number of nitrogens with zero attached hydrogens (tertiary/aromatic N) is 3. The van der Waals surface area contributed by atoms with Gasteiger partial charge in [0.05, 0.1) is 11.1 Å². The Labute approximate surface area is 137 Å². The summed E-state index contributed by atoms with van der Waals surface area (Å²) >= 11 is 5.96. The Morgan fingerprint density at radius 3 is 2.78 bits per heavy atom. The van der Waals surface area contributed by atoms with E-state index < -0.39 is 23.9 Å². The minimum Gasteiger partial charge on any atom is -0.444 e. The zero-order valence-corrected chi connectivity index (χ0v) is 13.6. The second-order valence-corrected chi connectivity index (χ2v) is 6.25. The number of alkyl carbamates (subject to hydrolysis) is 1. The summed E-state index contributed by atoms with van der Waals surface area (Å²) in [5.41, 5.74) is -0.214. The van der Waals surface area contributed by atoms with Crippen molar-refractivity contribution < 1.29 is 19.7 Å². The molecule has 0 saturated carbocycles. The lowest BCUT2D eigenvalue weighted by atomic mass is 10.1. The van der Waals surface area contributed by atoms with Gasteiger partial charge in [0.25, 0.3) is 0 Å². The van der Waals surface area contributed by atoms with Crippen LogP contribution in [0.3, 0.4) is 0 Å². The van der Waals surface area contributed by atoms with E-state index in [4.69, 9.17) is 16.3 Å². The monoisotopic (exact) mass is 343 g/mol. The van der Waals surface area contributed by atoms with E-state index in [-0.39, 0.29) is 23.0 Å². The van der Waals surface area contributed by atoms with Crippen LogP contribution in [0, 0.1) is 0 Å². The Hall–Kier alpha value is -1.97. The molecule has 1 amide bonds. The third-order valence-corrected chi connectivity index (χ3v) is 3.13. The van der Waals surface area contributed by atoms with Crippen molar-refractivity contribution in [3.8, 4) is 0 Å². The summed E-state index contributed by atoms with van der Waals surface area (Å²) in [5.74, 6) is 0. The van der Waals surface area contributed by atoms with Crippen molar-refractivity contribution in [2.45, 2.75) is 38.6 Å². The lowest BCUT2D eigenvalue weighted by Gasteiger charge is -2.21. The Bertz CT molecular complexity index is 699. The molecule has 2 unspecified atom stereocenters. The topological polar surface area (TPSA) is 133 Å². The molecular weight excluding hydrogens is 326 g/mol. The summed E-state index contributed by atoms with van der Waals surface area (Å²) < 4.78 is 5.04. The van der Waals surface area contributed by atoms with Gasteiger partial charge >= 0.3 is 6.09 Å². The molecule has 10 heteroatoms. The molecule has 2 aromatic rings. The van der Waals surface area contributed by atoms with E-state index in [2.05, 4.69) is 25.5 Å². The average molecular weight is 344 g/mol. The fourth-order valence-corrected chi connectivity index (χ4v) is 2.09. The number of H-pyrrole nitrogens is 1. The standard InChI is InChI=1S/C13H18ClN5O4/c1-13(2,3)23-12(22)15-4-6(20)9(21)8-7-10(14)16-5-17-11(7)19-18-8/h5-6,9,20-21H,4H2,1-3H3,(H,15,22)(H,16,17,18,19). The quantitative estimate of drug-likeness (QED) is 0.606. The van der Waals surface area contributed by atoms with E-state index in [1.54, 1.807) is 20.8 Å². The number of halogens is 1. The van der Waals surface area contributed by atoms with Gasteiger partial charge in [0.1, 0.15) is 29.3 Å². The van der Waals surface area contributed by atoms with E-state index in [1.807, 2.05) is 0 Å². The van der Waals surface area contributed by atoms with Crippen LogP contribution in [-0.4, -0.2) is 54.7 Å². The average Bonchev–Trinajstić information content (AvgIpc) is 2.87. The molecule has 126 valence electrons. The summed E-state index contributed by atoms with van der Waals surface area (Å²) in [5, 5.41) is 29.5. The number of aliphatic hydroxyl groups excluding tert-OH is 2. The first-order valence-electron chi connectivity index (χ1n) is 6.86. The van der Waals surface area contributed by atoms with Crippen molar-refractivity contribution in [1.82, 2.24) is 25.5 Å². The molecule has 2 heterocycles. The number of carbonyl (C=O) groups excluding carboxylic acids is 1. The highest BCUT2D eigenvalue weighted by Gasteiger charge is 2.26. The van der Waals surface area contributed by atoms with Crippen LogP contribution >= 0.6 is 11.6 Å². The number of carbonyl (C=O) groups is 1. The zero-order valence-electron chi connectivity index (χ0n) is 12.9. The van der Waals surface area contributed by atoms with Crippen LogP contribution in [0.4, 0.5) is 4.79 Å². The van der Waals surface area contributed by atoms with Crippen molar-refractivity contribution in [3.63, 3.8) is 0 Å². The van der Waals surface area contributed by atoms with Gasteiger partial charge in [-0.25, -0.2) is 14.8 Å². The normalized spacial score (nSPS) is 14.5. The maximum Gasteiger partial charge on any atom is 0.407 e. The van der Waals surface area contributed by atoms with Gasteiger partial charge in [-0.2, -0.15) is 5.10 Å². The van der Waals surface area contributed by atoms with E-state index in [1.165, 1.54) is 6.33 Å². The molecule has 2 atom stereocenters. The minimum absolute atomic E-state index is 0.102. The number of fused-ring (bicyclic) bond motifs is 1. The van der Waals surface area contributed by atoms with Gasteiger partial charge in [-0.1, -0.05) is 11.6 Å². The molecule has 4 N–H and O–H groups in total. The van der Waals surface area contributed by atoms with Crippen LogP contribution in [0.15, 0.2) is 6.33 Å². The molecule has 0 radical (unpaired) electrons. The van der Waals surface area contributed by atoms with Crippen LogP contribution in [0.5, 0.6) is 0 Å². The number of aromatic nitrogens is 4. The molecule has 2 rings (SSSR count). The summed E-state index contributed by atoms with van der Waals surface area (Å²) in [7, 11) is 0. The summed E-state index contributed by atoms with van der Waals surface area (Å²) in [4.78, 5) is 19.3. The highest BCUT2D eigenvalue weighted by Crippen LogP contribution is 2.27. The maximum atomic E-state index is 11.6. The molecule has 0 aliphatic rings. The molecule has 0 aliphatic carbocycles. The summed E-state index contributed by atoms with van der Waals surface area (Å²) in [6.07, 6.45) is -2.12.